The van der Waals surface area contributed by atoms with E-state index < -0.39 is 53.2 Å². The van der Waals surface area contributed by atoms with Crippen molar-refractivity contribution in [2.45, 2.75) is 90.3 Å². The lowest BCUT2D eigenvalue weighted by Gasteiger charge is -2.34. The maximum atomic E-state index is 13.9. The second kappa shape index (κ2) is 9.72. The Morgan fingerprint density at radius 2 is 1.77 bits per heavy atom. The number of ether oxygens (including phenoxy) is 2. The summed E-state index contributed by atoms with van der Waals surface area (Å²) in [6.45, 7) is 10.2. The molecule has 0 unspecified atom stereocenters. The Kier molecular flexibility index (Phi) is 7.45. The minimum absolute atomic E-state index is 0.0879. The number of rotatable bonds is 5. The Hall–Kier alpha value is -2.75. The Balaban J connectivity index is 2.00. The number of nitrogens with zero attached hydrogens (tertiary/aromatic N) is 2. The highest BCUT2D eigenvalue weighted by Gasteiger charge is 2.55. The number of carboxylic acids is 1. The molecule has 2 amide bonds. The van der Waals surface area contributed by atoms with Crippen molar-refractivity contribution in [1.82, 2.24) is 9.80 Å². The van der Waals surface area contributed by atoms with Crippen LogP contribution in [0.5, 0.6) is 0 Å². The van der Waals surface area contributed by atoms with Crippen LogP contribution in [0, 0.1) is 17.6 Å². The number of hydrogen-bond acceptors (Lipinski definition) is 5. The highest BCUT2D eigenvalue weighted by molar-refractivity contribution is 5.75. The van der Waals surface area contributed by atoms with Gasteiger partial charge in [-0.05, 0) is 71.1 Å². The molecule has 194 valence electrons. The van der Waals surface area contributed by atoms with E-state index in [2.05, 4.69) is 0 Å². The zero-order valence-corrected chi connectivity index (χ0v) is 21.0. The fraction of sp³-hybridized carbons (Fsp3) is 0.640. The molecule has 1 N–H and O–H groups in total. The summed E-state index contributed by atoms with van der Waals surface area (Å²) in [6, 6.07) is 1.94. The second-order valence-corrected chi connectivity index (χ2v) is 10.9. The van der Waals surface area contributed by atoms with Crippen molar-refractivity contribution in [1.29, 1.82) is 0 Å². The number of carbonyl (C=O) groups excluding carboxylic acids is 2. The molecule has 0 saturated carbocycles. The molecule has 2 heterocycles. The molecule has 2 aliphatic heterocycles. The van der Waals surface area contributed by atoms with Gasteiger partial charge in [-0.25, -0.2) is 13.6 Å². The lowest BCUT2D eigenvalue weighted by atomic mass is 9.92. The molecule has 4 atom stereocenters. The van der Waals surface area contributed by atoms with Gasteiger partial charge in [0.1, 0.15) is 29.1 Å². The summed E-state index contributed by atoms with van der Waals surface area (Å²) in [6.07, 6.45) is -1.06. The van der Waals surface area contributed by atoms with Crippen molar-refractivity contribution in [3.63, 3.8) is 0 Å². The first-order valence-electron chi connectivity index (χ1n) is 11.7. The van der Waals surface area contributed by atoms with Crippen LogP contribution in [-0.4, -0.2) is 68.9 Å². The van der Waals surface area contributed by atoms with Crippen LogP contribution in [0.3, 0.4) is 0 Å². The number of amides is 2. The van der Waals surface area contributed by atoms with Crippen LogP contribution in [0.4, 0.5) is 13.6 Å². The molecule has 3 rings (SSSR count). The summed E-state index contributed by atoms with van der Waals surface area (Å²) >= 11 is 0. The maximum absolute atomic E-state index is 13.9. The molecule has 1 aromatic carbocycles. The Labute approximate surface area is 204 Å². The van der Waals surface area contributed by atoms with Crippen LogP contribution in [-0.2, 0) is 25.5 Å². The Bertz CT molecular complexity index is 972. The highest BCUT2D eigenvalue weighted by Crippen LogP contribution is 2.41. The Morgan fingerprint density at radius 3 is 2.29 bits per heavy atom. The van der Waals surface area contributed by atoms with Crippen molar-refractivity contribution >= 4 is 18.0 Å². The van der Waals surface area contributed by atoms with Gasteiger partial charge in [0.2, 0.25) is 5.91 Å². The van der Waals surface area contributed by atoms with Gasteiger partial charge in [0, 0.05) is 26.0 Å². The number of benzene rings is 1. The third-order valence-electron chi connectivity index (χ3n) is 6.32. The van der Waals surface area contributed by atoms with Crippen molar-refractivity contribution in [3.05, 3.63) is 35.4 Å². The lowest BCUT2D eigenvalue weighted by molar-refractivity contribution is -0.146. The van der Waals surface area contributed by atoms with Crippen LogP contribution >= 0.6 is 0 Å². The van der Waals surface area contributed by atoms with Crippen LogP contribution < -0.4 is 0 Å². The summed E-state index contributed by atoms with van der Waals surface area (Å²) in [4.78, 5) is 40.2. The van der Waals surface area contributed by atoms with Gasteiger partial charge in [-0.1, -0.05) is 0 Å². The average molecular weight is 497 g/mol. The van der Waals surface area contributed by atoms with Gasteiger partial charge >= 0.3 is 12.1 Å². The number of carboxylic acid groups (broad SMARTS) is 1. The topological polar surface area (TPSA) is 96.4 Å². The van der Waals surface area contributed by atoms with Crippen LogP contribution in [0.2, 0.25) is 0 Å². The number of halogens is 2. The first-order valence-corrected chi connectivity index (χ1v) is 11.7. The maximum Gasteiger partial charge on any atom is 0.410 e. The molecule has 2 saturated heterocycles. The summed E-state index contributed by atoms with van der Waals surface area (Å²) in [5.74, 6) is -3.08. The van der Waals surface area contributed by atoms with Crippen LogP contribution in [0.1, 0.15) is 59.9 Å². The molecule has 1 aromatic rings. The molecule has 0 aliphatic carbocycles. The fourth-order valence-electron chi connectivity index (χ4n) is 5.33. The van der Waals surface area contributed by atoms with E-state index in [-0.39, 0.29) is 31.2 Å². The molecule has 0 bridgehead atoms. The predicted octanol–water partition coefficient (Wildman–Crippen LogP) is 3.96. The molecule has 0 radical (unpaired) electrons. The first kappa shape index (κ1) is 26.8. The molecule has 0 spiro atoms. The van der Waals surface area contributed by atoms with Gasteiger partial charge in [-0.3, -0.25) is 9.59 Å². The predicted molar refractivity (Wildman–Crippen MR) is 122 cm³/mol. The van der Waals surface area contributed by atoms with Gasteiger partial charge in [0.15, 0.2) is 0 Å². The summed E-state index contributed by atoms with van der Waals surface area (Å²) < 4.78 is 39.8. The summed E-state index contributed by atoms with van der Waals surface area (Å²) in [7, 11) is 0. The van der Waals surface area contributed by atoms with Crippen molar-refractivity contribution < 1.29 is 37.7 Å². The van der Waals surface area contributed by atoms with E-state index in [1.807, 2.05) is 0 Å². The molecule has 2 fully saturated rings. The van der Waals surface area contributed by atoms with Gasteiger partial charge in [0.05, 0.1) is 12.1 Å². The molecule has 2 aliphatic rings. The summed E-state index contributed by atoms with van der Waals surface area (Å²) in [5.41, 5.74) is -1.49. The second-order valence-electron chi connectivity index (χ2n) is 10.9. The fourth-order valence-corrected chi connectivity index (χ4v) is 5.33. The molecule has 35 heavy (non-hydrogen) atoms. The lowest BCUT2D eigenvalue weighted by Crippen LogP contribution is -2.52. The third-order valence-corrected chi connectivity index (χ3v) is 6.32. The zero-order valence-electron chi connectivity index (χ0n) is 21.0. The molecule has 8 nitrogen and oxygen atoms in total. The smallest absolute Gasteiger partial charge is 0.410 e. The van der Waals surface area contributed by atoms with E-state index in [1.165, 1.54) is 28.9 Å². The zero-order chi connectivity index (χ0) is 26.3. The standard InChI is InChI=1S/C25H34F2N2O6/c1-14(30)29-20(9-15-7-17(26)12-18(27)8-15)22(34-25(29,5)6)19-10-16(11-21(31)32)13-28(19)23(33)35-24(2,3)4/h7-8,12,16,19-20,22H,9-11,13H2,1-6H3,(H,31,32)/t16-,19-,20+,22-/m1/s1. The quantitative estimate of drug-likeness (QED) is 0.663. The van der Waals surface area contributed by atoms with E-state index in [9.17, 15) is 28.3 Å². The highest BCUT2D eigenvalue weighted by atomic mass is 19.1. The van der Waals surface area contributed by atoms with Gasteiger partial charge in [0.25, 0.3) is 0 Å². The molecule has 10 heteroatoms. The molecule has 0 aromatic heterocycles. The van der Waals surface area contributed by atoms with Gasteiger partial charge in [-0.2, -0.15) is 0 Å². The van der Waals surface area contributed by atoms with Crippen molar-refractivity contribution in [2.24, 2.45) is 5.92 Å². The normalized spacial score (nSPS) is 26.2. The first-order chi connectivity index (χ1) is 16.1. The van der Waals surface area contributed by atoms with E-state index in [4.69, 9.17) is 9.47 Å². The number of hydrogen-bond donors (Lipinski definition) is 1. The van der Waals surface area contributed by atoms with Crippen molar-refractivity contribution in [3.8, 4) is 0 Å². The van der Waals surface area contributed by atoms with E-state index in [1.54, 1.807) is 34.6 Å². The summed E-state index contributed by atoms with van der Waals surface area (Å²) in [5, 5.41) is 9.34. The minimum atomic E-state index is -1.06. The minimum Gasteiger partial charge on any atom is -0.481 e. The third kappa shape index (κ3) is 6.28. The monoisotopic (exact) mass is 496 g/mol. The van der Waals surface area contributed by atoms with Crippen LogP contribution in [0.25, 0.3) is 0 Å². The molecular weight excluding hydrogens is 462 g/mol. The van der Waals surface area contributed by atoms with E-state index in [0.29, 0.717) is 12.0 Å². The van der Waals surface area contributed by atoms with Crippen molar-refractivity contribution in [2.75, 3.05) is 6.54 Å². The van der Waals surface area contributed by atoms with E-state index >= 15 is 0 Å². The SMILES string of the molecule is CC(=O)N1[C@@H](Cc2cc(F)cc(F)c2)[C@@H]([C@H]2C[C@H](CC(=O)O)CN2C(=O)OC(C)(C)C)OC1(C)C. The average Bonchev–Trinajstić information content (AvgIpc) is 3.16. The number of carbonyl (C=O) groups is 3. The van der Waals surface area contributed by atoms with Gasteiger partial charge in [-0.15, -0.1) is 0 Å². The Morgan fingerprint density at radius 1 is 1.17 bits per heavy atom. The van der Waals surface area contributed by atoms with Gasteiger partial charge < -0.3 is 24.4 Å². The number of aliphatic carboxylic acids is 1. The van der Waals surface area contributed by atoms with E-state index in [0.717, 1.165) is 6.07 Å². The molecular formula is C25H34F2N2O6. The largest absolute Gasteiger partial charge is 0.481 e. The van der Waals surface area contributed by atoms with Crippen LogP contribution in [0.15, 0.2) is 18.2 Å². The number of likely N-dealkylation sites (tertiary alicyclic amines) is 1.